The van der Waals surface area contributed by atoms with Gasteiger partial charge < -0.3 is 14.6 Å². The highest BCUT2D eigenvalue weighted by Crippen LogP contribution is 2.19. The number of ether oxygens (including phenoxy) is 1. The van der Waals surface area contributed by atoms with Crippen molar-refractivity contribution >= 4 is 17.6 Å². The SMILES string of the molecule is CC(=O)CCc1ccc(OCC(O)CN2C(=O)CC(C)C2=O)cc1. The van der Waals surface area contributed by atoms with E-state index in [4.69, 9.17) is 4.74 Å². The number of likely N-dealkylation sites (tertiary alicyclic amines) is 1. The van der Waals surface area contributed by atoms with E-state index in [1.807, 2.05) is 12.1 Å². The second kappa shape index (κ2) is 8.06. The van der Waals surface area contributed by atoms with E-state index < -0.39 is 6.10 Å². The van der Waals surface area contributed by atoms with Crippen LogP contribution in [0.25, 0.3) is 0 Å². The molecule has 130 valence electrons. The molecule has 2 rings (SSSR count). The molecule has 2 unspecified atom stereocenters. The second-order valence-corrected chi connectivity index (χ2v) is 6.26. The van der Waals surface area contributed by atoms with Crippen molar-refractivity contribution in [2.75, 3.05) is 13.2 Å². The number of amides is 2. The summed E-state index contributed by atoms with van der Waals surface area (Å²) in [6, 6.07) is 7.30. The Morgan fingerprint density at radius 2 is 2.00 bits per heavy atom. The van der Waals surface area contributed by atoms with Gasteiger partial charge >= 0.3 is 0 Å². The largest absolute Gasteiger partial charge is 0.491 e. The number of β-amino-alcohol motifs (C(OH)–C–C–N with tert-alkyl or cyclic N) is 1. The van der Waals surface area contributed by atoms with E-state index in [0.29, 0.717) is 18.6 Å². The van der Waals surface area contributed by atoms with Crippen LogP contribution in [0.4, 0.5) is 0 Å². The number of imide groups is 1. The molecule has 1 aliphatic heterocycles. The van der Waals surface area contributed by atoms with Gasteiger partial charge in [0, 0.05) is 18.8 Å². The summed E-state index contributed by atoms with van der Waals surface area (Å²) in [5, 5.41) is 9.98. The smallest absolute Gasteiger partial charge is 0.232 e. The molecule has 0 aliphatic carbocycles. The first kappa shape index (κ1) is 18.1. The van der Waals surface area contributed by atoms with E-state index in [2.05, 4.69) is 0 Å². The van der Waals surface area contributed by atoms with Crippen molar-refractivity contribution < 1.29 is 24.2 Å². The molecule has 0 radical (unpaired) electrons. The Bertz CT molecular complexity index is 610. The summed E-state index contributed by atoms with van der Waals surface area (Å²) < 4.78 is 5.49. The minimum absolute atomic E-state index is 0.00175. The summed E-state index contributed by atoms with van der Waals surface area (Å²) >= 11 is 0. The number of benzene rings is 1. The van der Waals surface area contributed by atoms with Crippen LogP contribution in [0.3, 0.4) is 0 Å². The number of aliphatic hydroxyl groups is 1. The second-order valence-electron chi connectivity index (χ2n) is 6.26. The Balaban J connectivity index is 1.79. The van der Waals surface area contributed by atoms with Crippen molar-refractivity contribution in [1.29, 1.82) is 0 Å². The molecule has 1 fully saturated rings. The average Bonchev–Trinajstić information content (AvgIpc) is 2.78. The predicted octanol–water partition coefficient (Wildman–Crippen LogP) is 1.34. The van der Waals surface area contributed by atoms with Crippen molar-refractivity contribution in [3.05, 3.63) is 29.8 Å². The maximum absolute atomic E-state index is 11.8. The van der Waals surface area contributed by atoms with Gasteiger partial charge in [-0.05, 0) is 31.0 Å². The molecule has 2 amide bonds. The van der Waals surface area contributed by atoms with Crippen LogP contribution < -0.4 is 4.74 Å². The number of aliphatic hydroxyl groups excluding tert-OH is 1. The number of nitrogens with zero attached hydrogens (tertiary/aromatic N) is 1. The van der Waals surface area contributed by atoms with E-state index in [9.17, 15) is 19.5 Å². The molecule has 1 N–H and O–H groups in total. The van der Waals surface area contributed by atoms with Gasteiger partial charge in [0.1, 0.15) is 24.2 Å². The zero-order valence-electron chi connectivity index (χ0n) is 14.0. The maximum atomic E-state index is 11.8. The van der Waals surface area contributed by atoms with Gasteiger partial charge in [-0.2, -0.15) is 0 Å². The summed E-state index contributed by atoms with van der Waals surface area (Å²) in [6.45, 7) is 3.23. The lowest BCUT2D eigenvalue weighted by Crippen LogP contribution is -2.39. The first-order valence-corrected chi connectivity index (χ1v) is 8.10. The molecule has 1 aromatic carbocycles. The van der Waals surface area contributed by atoms with Crippen molar-refractivity contribution in [2.45, 2.75) is 39.2 Å². The molecule has 0 aromatic heterocycles. The average molecular weight is 333 g/mol. The quantitative estimate of drug-likeness (QED) is 0.726. The number of carbonyl (C=O) groups excluding carboxylic acids is 3. The summed E-state index contributed by atoms with van der Waals surface area (Å²) in [4.78, 5) is 35.5. The van der Waals surface area contributed by atoms with Gasteiger partial charge in [-0.3, -0.25) is 14.5 Å². The number of Topliss-reactive ketones (excluding diaryl/α,β-unsaturated/α-hetero) is 1. The van der Waals surface area contributed by atoms with Gasteiger partial charge in [-0.15, -0.1) is 0 Å². The molecule has 6 heteroatoms. The fourth-order valence-corrected chi connectivity index (χ4v) is 2.57. The number of carbonyl (C=O) groups is 3. The maximum Gasteiger partial charge on any atom is 0.232 e. The van der Waals surface area contributed by atoms with Gasteiger partial charge in [0.25, 0.3) is 0 Å². The van der Waals surface area contributed by atoms with E-state index in [0.717, 1.165) is 10.5 Å². The fraction of sp³-hybridized carbons (Fsp3) is 0.500. The molecule has 0 spiro atoms. The van der Waals surface area contributed by atoms with Crippen molar-refractivity contribution in [3.63, 3.8) is 0 Å². The first-order valence-electron chi connectivity index (χ1n) is 8.10. The molecule has 6 nitrogen and oxygen atoms in total. The van der Waals surface area contributed by atoms with Crippen molar-refractivity contribution in [3.8, 4) is 5.75 Å². The van der Waals surface area contributed by atoms with E-state index in [1.165, 1.54) is 0 Å². The van der Waals surface area contributed by atoms with Crippen molar-refractivity contribution in [2.24, 2.45) is 5.92 Å². The summed E-state index contributed by atoms with van der Waals surface area (Å²) in [7, 11) is 0. The highest BCUT2D eigenvalue weighted by Gasteiger charge is 2.36. The fourth-order valence-electron chi connectivity index (χ4n) is 2.57. The molecule has 0 bridgehead atoms. The third kappa shape index (κ3) is 4.89. The lowest BCUT2D eigenvalue weighted by Gasteiger charge is -2.19. The summed E-state index contributed by atoms with van der Waals surface area (Å²) in [5.41, 5.74) is 1.04. The Morgan fingerprint density at radius 1 is 1.33 bits per heavy atom. The van der Waals surface area contributed by atoms with Crippen molar-refractivity contribution in [1.82, 2.24) is 4.90 Å². The molecule has 2 atom stereocenters. The molecule has 0 saturated carbocycles. The van der Waals surface area contributed by atoms with Crippen LogP contribution in [0.2, 0.25) is 0 Å². The molecular weight excluding hydrogens is 310 g/mol. The third-order valence-corrected chi connectivity index (χ3v) is 3.99. The van der Waals surface area contributed by atoms with Crippen LogP contribution in [0.15, 0.2) is 24.3 Å². The molecular formula is C18H23NO5. The Morgan fingerprint density at radius 3 is 2.54 bits per heavy atom. The van der Waals surface area contributed by atoms with E-state index in [-0.39, 0.29) is 43.1 Å². The predicted molar refractivity (Wildman–Crippen MR) is 87.4 cm³/mol. The van der Waals surface area contributed by atoms with Gasteiger partial charge in [0.2, 0.25) is 11.8 Å². The molecule has 1 aromatic rings. The molecule has 1 saturated heterocycles. The van der Waals surface area contributed by atoms with Crippen LogP contribution in [0, 0.1) is 5.92 Å². The van der Waals surface area contributed by atoms with Gasteiger partial charge in [-0.1, -0.05) is 19.1 Å². The number of aryl methyl sites for hydroxylation is 1. The number of ketones is 1. The molecule has 1 heterocycles. The van der Waals surface area contributed by atoms with Crippen LogP contribution in [-0.4, -0.2) is 46.9 Å². The van der Waals surface area contributed by atoms with Crippen LogP contribution in [0.1, 0.15) is 32.3 Å². The third-order valence-electron chi connectivity index (χ3n) is 3.99. The summed E-state index contributed by atoms with van der Waals surface area (Å²) in [5.74, 6) is -0.0599. The van der Waals surface area contributed by atoms with Crippen LogP contribution >= 0.6 is 0 Å². The monoisotopic (exact) mass is 333 g/mol. The number of hydrogen-bond donors (Lipinski definition) is 1. The summed E-state index contributed by atoms with van der Waals surface area (Å²) in [6.07, 6.45) is 0.472. The first-order chi connectivity index (χ1) is 11.4. The topological polar surface area (TPSA) is 83.9 Å². The highest BCUT2D eigenvalue weighted by molar-refractivity contribution is 6.03. The standard InChI is InChI=1S/C18H23NO5/c1-12-9-17(22)19(18(12)23)10-15(21)11-24-16-7-5-14(6-8-16)4-3-13(2)20/h5-8,12,15,21H,3-4,9-11H2,1-2H3. The Labute approximate surface area is 141 Å². The number of rotatable bonds is 8. The zero-order valence-corrected chi connectivity index (χ0v) is 14.0. The van der Waals surface area contributed by atoms with Crippen LogP contribution in [-0.2, 0) is 20.8 Å². The Hall–Kier alpha value is -2.21. The molecule has 24 heavy (non-hydrogen) atoms. The highest BCUT2D eigenvalue weighted by atomic mass is 16.5. The van der Waals surface area contributed by atoms with Gasteiger partial charge in [0.05, 0.1) is 6.54 Å². The lowest BCUT2D eigenvalue weighted by atomic mass is 10.1. The van der Waals surface area contributed by atoms with Gasteiger partial charge in [-0.25, -0.2) is 0 Å². The van der Waals surface area contributed by atoms with Gasteiger partial charge in [0.15, 0.2) is 0 Å². The zero-order chi connectivity index (χ0) is 17.7. The van der Waals surface area contributed by atoms with E-state index >= 15 is 0 Å². The molecule has 1 aliphatic rings. The minimum atomic E-state index is -0.930. The van der Waals surface area contributed by atoms with Crippen LogP contribution in [0.5, 0.6) is 5.75 Å². The minimum Gasteiger partial charge on any atom is -0.491 e. The number of hydrogen-bond acceptors (Lipinski definition) is 5. The normalized spacial score (nSPS) is 18.8. The lowest BCUT2D eigenvalue weighted by molar-refractivity contribution is -0.141. The van der Waals surface area contributed by atoms with E-state index in [1.54, 1.807) is 26.0 Å². The Kier molecular flexibility index (Phi) is 6.09.